The van der Waals surface area contributed by atoms with E-state index in [9.17, 15) is 19.8 Å². The van der Waals surface area contributed by atoms with E-state index in [0.29, 0.717) is 27.7 Å². The Hall–Kier alpha value is -3.65. The van der Waals surface area contributed by atoms with Gasteiger partial charge in [0, 0.05) is 12.1 Å². The van der Waals surface area contributed by atoms with Crippen LogP contribution < -0.4 is 4.74 Å². The summed E-state index contributed by atoms with van der Waals surface area (Å²) in [6.07, 6.45) is 2.60. The zero-order valence-corrected chi connectivity index (χ0v) is 20.8. The fourth-order valence-corrected chi connectivity index (χ4v) is 5.33. The van der Waals surface area contributed by atoms with Gasteiger partial charge in [0.1, 0.15) is 5.01 Å². The first kappa shape index (κ1) is 24.5. The molecule has 2 N–H and O–H groups in total. The minimum absolute atomic E-state index is 0.00225. The number of aliphatic hydroxyl groups excluding tert-OH is 1. The quantitative estimate of drug-likeness (QED) is 0.298. The highest BCUT2D eigenvalue weighted by molar-refractivity contribution is 7.17. The van der Waals surface area contributed by atoms with Gasteiger partial charge >= 0.3 is 0 Å². The Kier molecular flexibility index (Phi) is 7.21. The SMILES string of the molecule is CCCCCN1C(=O)C(O)=C(C(=O)c2sc(-c3ccccc3)nc2C)C1c1ccc(OC)c(O)c1. The summed E-state index contributed by atoms with van der Waals surface area (Å²) in [5.74, 6) is -1.41. The number of carbonyl (C=O) groups is 2. The summed E-state index contributed by atoms with van der Waals surface area (Å²) in [7, 11) is 1.45. The number of methoxy groups -OCH3 is 1. The molecule has 1 amide bonds. The molecule has 0 fully saturated rings. The van der Waals surface area contributed by atoms with Crippen molar-refractivity contribution in [3.8, 4) is 22.1 Å². The molecule has 182 valence electrons. The molecule has 1 aliphatic heterocycles. The minimum atomic E-state index is -0.828. The largest absolute Gasteiger partial charge is 0.504 e. The number of aryl methyl sites for hydroxylation is 1. The van der Waals surface area contributed by atoms with Crippen LogP contribution in [0.4, 0.5) is 0 Å². The molecule has 7 nitrogen and oxygen atoms in total. The van der Waals surface area contributed by atoms with Crippen molar-refractivity contribution in [2.45, 2.75) is 39.2 Å². The molecule has 8 heteroatoms. The number of aromatic hydroxyl groups is 1. The number of aromatic nitrogens is 1. The van der Waals surface area contributed by atoms with Gasteiger partial charge in [0.15, 0.2) is 17.3 Å². The van der Waals surface area contributed by atoms with Gasteiger partial charge in [-0.3, -0.25) is 9.59 Å². The number of nitrogens with zero attached hydrogens (tertiary/aromatic N) is 2. The molecule has 1 aromatic heterocycles. The van der Waals surface area contributed by atoms with E-state index in [1.807, 2.05) is 30.3 Å². The number of hydrogen-bond donors (Lipinski definition) is 2. The Labute approximate surface area is 208 Å². The highest BCUT2D eigenvalue weighted by Gasteiger charge is 2.44. The second-order valence-corrected chi connectivity index (χ2v) is 9.43. The molecule has 2 heterocycles. The first-order valence-corrected chi connectivity index (χ1v) is 12.4. The molecule has 0 spiro atoms. The molecule has 1 atom stereocenters. The van der Waals surface area contributed by atoms with E-state index in [-0.39, 0.29) is 17.1 Å². The van der Waals surface area contributed by atoms with Crippen LogP contribution in [0.5, 0.6) is 11.5 Å². The molecule has 4 rings (SSSR count). The van der Waals surface area contributed by atoms with E-state index in [0.717, 1.165) is 24.8 Å². The Bertz CT molecular complexity index is 1280. The van der Waals surface area contributed by atoms with E-state index in [2.05, 4.69) is 11.9 Å². The van der Waals surface area contributed by atoms with Crippen LogP contribution in [0.1, 0.15) is 53.2 Å². The van der Waals surface area contributed by atoms with E-state index >= 15 is 0 Å². The second-order valence-electron chi connectivity index (χ2n) is 8.43. The number of hydrogen-bond acceptors (Lipinski definition) is 7. The normalized spacial score (nSPS) is 15.7. The van der Waals surface area contributed by atoms with E-state index < -0.39 is 23.5 Å². The van der Waals surface area contributed by atoms with Gasteiger partial charge in [-0.1, -0.05) is 56.2 Å². The molecule has 1 unspecified atom stereocenters. The molecule has 0 aliphatic carbocycles. The summed E-state index contributed by atoms with van der Waals surface area (Å²) in [6, 6.07) is 13.5. The lowest BCUT2D eigenvalue weighted by Crippen LogP contribution is -2.32. The Morgan fingerprint density at radius 3 is 2.54 bits per heavy atom. The first-order chi connectivity index (χ1) is 16.9. The maximum absolute atomic E-state index is 13.8. The number of phenols is 1. The number of aliphatic hydroxyl groups is 1. The van der Waals surface area contributed by atoms with Crippen LogP contribution >= 0.6 is 11.3 Å². The maximum atomic E-state index is 13.8. The Balaban J connectivity index is 1.77. The molecular formula is C27H28N2O5S. The number of amides is 1. The summed E-state index contributed by atoms with van der Waals surface area (Å²) in [5.41, 5.74) is 1.94. The van der Waals surface area contributed by atoms with Crippen molar-refractivity contribution in [2.24, 2.45) is 0 Å². The molecule has 2 aromatic carbocycles. The van der Waals surface area contributed by atoms with Crippen molar-refractivity contribution < 1.29 is 24.5 Å². The van der Waals surface area contributed by atoms with Crippen LogP contribution in [0.15, 0.2) is 59.9 Å². The summed E-state index contributed by atoms with van der Waals surface area (Å²) < 4.78 is 5.15. The first-order valence-electron chi connectivity index (χ1n) is 11.6. The standard InChI is InChI=1S/C27H28N2O5S/c1-4-5-9-14-29-22(18-12-13-20(34-3)19(30)15-18)21(24(32)27(29)33)23(31)25-16(2)28-26(35-25)17-10-7-6-8-11-17/h6-8,10-13,15,22,30,32H,4-5,9,14H2,1-3H3. The van der Waals surface area contributed by atoms with E-state index in [1.54, 1.807) is 19.1 Å². The molecule has 1 aliphatic rings. The zero-order chi connectivity index (χ0) is 25.1. The fraction of sp³-hybridized carbons (Fsp3) is 0.296. The highest BCUT2D eigenvalue weighted by Crippen LogP contribution is 2.43. The maximum Gasteiger partial charge on any atom is 0.290 e. The van der Waals surface area contributed by atoms with E-state index in [4.69, 9.17) is 4.74 Å². The average Bonchev–Trinajstić information content (AvgIpc) is 3.37. The van der Waals surface area contributed by atoms with Gasteiger partial charge in [0.2, 0.25) is 5.78 Å². The molecular weight excluding hydrogens is 464 g/mol. The van der Waals surface area contributed by atoms with E-state index in [1.165, 1.54) is 29.4 Å². The van der Waals surface area contributed by atoms with Crippen molar-refractivity contribution in [2.75, 3.05) is 13.7 Å². The van der Waals surface area contributed by atoms with Gasteiger partial charge in [-0.05, 0) is 31.0 Å². The number of ketones is 1. The molecule has 0 saturated heterocycles. The van der Waals surface area contributed by atoms with Crippen LogP contribution in [0, 0.1) is 6.92 Å². The van der Waals surface area contributed by atoms with Crippen molar-refractivity contribution in [3.05, 3.63) is 76.0 Å². The van der Waals surface area contributed by atoms with Gasteiger partial charge in [-0.15, -0.1) is 11.3 Å². The Morgan fingerprint density at radius 1 is 1.14 bits per heavy atom. The van der Waals surface area contributed by atoms with Crippen LogP contribution in [-0.4, -0.2) is 45.4 Å². The van der Waals surface area contributed by atoms with Crippen molar-refractivity contribution in [1.82, 2.24) is 9.88 Å². The van der Waals surface area contributed by atoms with Gasteiger partial charge in [-0.2, -0.15) is 0 Å². The number of phenolic OH excluding ortho intramolecular Hbond substituents is 1. The van der Waals surface area contributed by atoms with Gasteiger partial charge < -0.3 is 19.8 Å². The summed E-state index contributed by atoms with van der Waals surface area (Å²) in [4.78, 5) is 33.4. The zero-order valence-electron chi connectivity index (χ0n) is 19.9. The van der Waals surface area contributed by atoms with Crippen molar-refractivity contribution >= 4 is 23.0 Å². The van der Waals surface area contributed by atoms with Crippen molar-refractivity contribution in [3.63, 3.8) is 0 Å². The number of thiazole rings is 1. The summed E-state index contributed by atoms with van der Waals surface area (Å²) in [6.45, 7) is 4.19. The number of ether oxygens (including phenoxy) is 1. The molecule has 0 saturated carbocycles. The number of Topliss-reactive ketones (excluding diaryl/α,β-unsaturated/α-hetero) is 1. The van der Waals surface area contributed by atoms with Gasteiger partial charge in [-0.25, -0.2) is 4.98 Å². The number of carbonyl (C=O) groups excluding carboxylic acids is 2. The average molecular weight is 493 g/mol. The third-order valence-electron chi connectivity index (χ3n) is 6.09. The monoisotopic (exact) mass is 492 g/mol. The van der Waals surface area contributed by atoms with Crippen LogP contribution in [0.3, 0.4) is 0 Å². The number of benzene rings is 2. The minimum Gasteiger partial charge on any atom is -0.504 e. The Morgan fingerprint density at radius 2 is 1.89 bits per heavy atom. The summed E-state index contributed by atoms with van der Waals surface area (Å²) in [5, 5.41) is 22.0. The predicted octanol–water partition coefficient (Wildman–Crippen LogP) is 5.60. The van der Waals surface area contributed by atoms with Crippen molar-refractivity contribution in [1.29, 1.82) is 0 Å². The second kappa shape index (κ2) is 10.3. The predicted molar refractivity (Wildman–Crippen MR) is 135 cm³/mol. The van der Waals surface area contributed by atoms with Gasteiger partial charge in [0.25, 0.3) is 5.91 Å². The lowest BCUT2D eigenvalue weighted by Gasteiger charge is -2.27. The smallest absolute Gasteiger partial charge is 0.290 e. The number of unbranched alkanes of at least 4 members (excludes halogenated alkanes) is 2. The molecule has 0 bridgehead atoms. The van der Waals surface area contributed by atoms with Gasteiger partial charge in [0.05, 0.1) is 29.3 Å². The number of rotatable bonds is 9. The molecule has 3 aromatic rings. The topological polar surface area (TPSA) is 100.0 Å². The van der Waals surface area contributed by atoms with Crippen LogP contribution in [0.2, 0.25) is 0 Å². The highest BCUT2D eigenvalue weighted by atomic mass is 32.1. The lowest BCUT2D eigenvalue weighted by molar-refractivity contribution is -0.129. The third kappa shape index (κ3) is 4.66. The molecule has 35 heavy (non-hydrogen) atoms. The fourth-order valence-electron chi connectivity index (χ4n) is 4.31. The molecule has 0 radical (unpaired) electrons. The summed E-state index contributed by atoms with van der Waals surface area (Å²) >= 11 is 1.23. The lowest BCUT2D eigenvalue weighted by atomic mass is 9.94. The third-order valence-corrected chi connectivity index (χ3v) is 7.30. The van der Waals surface area contributed by atoms with Crippen LogP contribution in [-0.2, 0) is 4.79 Å². The van der Waals surface area contributed by atoms with Crippen LogP contribution in [0.25, 0.3) is 10.6 Å².